The first-order valence-corrected chi connectivity index (χ1v) is 8.55. The molecule has 1 aliphatic rings. The number of carbonyl (C=O) groups is 1. The van der Waals surface area contributed by atoms with E-state index in [1.165, 1.54) is 34.0 Å². The van der Waals surface area contributed by atoms with Gasteiger partial charge in [-0.05, 0) is 30.7 Å². The molecule has 0 bridgehead atoms. The lowest BCUT2D eigenvalue weighted by Gasteiger charge is -2.18. The lowest BCUT2D eigenvalue weighted by molar-refractivity contribution is -0.136. The molecule has 4 nitrogen and oxygen atoms in total. The summed E-state index contributed by atoms with van der Waals surface area (Å²) in [5.74, 6) is 0.540. The lowest BCUT2D eigenvalue weighted by Crippen LogP contribution is -2.08. The lowest BCUT2D eigenvalue weighted by atomic mass is 9.89. The first-order chi connectivity index (χ1) is 9.65. The molecule has 2 aromatic heterocycles. The van der Waals surface area contributed by atoms with Crippen molar-refractivity contribution >= 4 is 39.3 Å². The van der Waals surface area contributed by atoms with Crippen molar-refractivity contribution in [2.24, 2.45) is 5.92 Å². The fraction of sp³-hybridized carbons (Fsp3) is 0.500. The summed E-state index contributed by atoms with van der Waals surface area (Å²) in [5.41, 5.74) is 1.40. The van der Waals surface area contributed by atoms with Gasteiger partial charge in [-0.3, -0.25) is 4.79 Å². The zero-order valence-electron chi connectivity index (χ0n) is 11.3. The molecule has 0 saturated heterocycles. The average molecular weight is 308 g/mol. The van der Waals surface area contributed by atoms with Gasteiger partial charge in [0.2, 0.25) is 0 Å². The third kappa shape index (κ3) is 2.67. The van der Waals surface area contributed by atoms with Crippen LogP contribution in [0.3, 0.4) is 0 Å². The molecule has 0 amide bonds. The Bertz CT molecular complexity index is 654. The summed E-state index contributed by atoms with van der Waals surface area (Å²) in [4.78, 5) is 21.9. The maximum Gasteiger partial charge on any atom is 0.304 e. The number of aliphatic carboxylic acids is 1. The van der Waals surface area contributed by atoms with Crippen LogP contribution in [-0.4, -0.2) is 26.8 Å². The molecule has 0 fully saturated rings. The normalized spacial score (nSPS) is 18.1. The minimum atomic E-state index is -0.760. The van der Waals surface area contributed by atoms with E-state index >= 15 is 0 Å². The average Bonchev–Trinajstić information content (AvgIpc) is 2.76. The number of aryl methyl sites for hydroxylation is 1. The van der Waals surface area contributed by atoms with Gasteiger partial charge in [-0.25, -0.2) is 9.97 Å². The number of hydrogen-bond donors (Lipinski definition) is 1. The summed E-state index contributed by atoms with van der Waals surface area (Å²) in [6.45, 7) is 2.29. The number of carboxylic acid groups (broad SMARTS) is 1. The highest BCUT2D eigenvalue weighted by atomic mass is 32.2. The summed E-state index contributed by atoms with van der Waals surface area (Å²) < 4.78 is 0. The second-order valence-corrected chi connectivity index (χ2v) is 7.37. The Morgan fingerprint density at radius 3 is 3.20 bits per heavy atom. The molecular formula is C14H16N2O2S2. The van der Waals surface area contributed by atoms with Crippen molar-refractivity contribution in [3.05, 3.63) is 16.8 Å². The second kappa shape index (κ2) is 5.69. The Kier molecular flexibility index (Phi) is 3.94. The molecule has 0 aromatic carbocycles. The van der Waals surface area contributed by atoms with Crippen molar-refractivity contribution in [3.8, 4) is 0 Å². The van der Waals surface area contributed by atoms with E-state index in [0.717, 1.165) is 28.6 Å². The van der Waals surface area contributed by atoms with Crippen molar-refractivity contribution in [3.63, 3.8) is 0 Å². The van der Waals surface area contributed by atoms with E-state index in [-0.39, 0.29) is 6.42 Å². The quantitative estimate of drug-likeness (QED) is 0.693. The van der Waals surface area contributed by atoms with Gasteiger partial charge >= 0.3 is 5.97 Å². The summed E-state index contributed by atoms with van der Waals surface area (Å²) in [7, 11) is 0. The van der Waals surface area contributed by atoms with E-state index in [2.05, 4.69) is 16.9 Å². The number of thiophene rings is 1. The molecule has 0 spiro atoms. The van der Waals surface area contributed by atoms with Crippen LogP contribution in [-0.2, 0) is 17.6 Å². The molecule has 1 unspecified atom stereocenters. The van der Waals surface area contributed by atoms with Crippen molar-refractivity contribution < 1.29 is 9.90 Å². The monoisotopic (exact) mass is 308 g/mol. The first kappa shape index (κ1) is 13.8. The van der Waals surface area contributed by atoms with Crippen LogP contribution < -0.4 is 0 Å². The highest BCUT2D eigenvalue weighted by Gasteiger charge is 2.23. The minimum absolute atomic E-state index is 0.166. The Hall–Kier alpha value is -1.14. The Morgan fingerprint density at radius 2 is 2.40 bits per heavy atom. The fourth-order valence-corrected chi connectivity index (χ4v) is 4.96. The second-order valence-electron chi connectivity index (χ2n) is 5.20. The van der Waals surface area contributed by atoms with E-state index in [4.69, 9.17) is 5.11 Å². The summed E-state index contributed by atoms with van der Waals surface area (Å²) in [5, 5.41) is 10.9. The van der Waals surface area contributed by atoms with Crippen LogP contribution in [0.15, 0.2) is 11.4 Å². The van der Waals surface area contributed by atoms with Gasteiger partial charge in [-0.1, -0.05) is 6.92 Å². The predicted octanol–water partition coefficient (Wildman–Crippen LogP) is 3.38. The summed E-state index contributed by atoms with van der Waals surface area (Å²) >= 11 is 3.31. The topological polar surface area (TPSA) is 63.1 Å². The number of hydrogen-bond acceptors (Lipinski definition) is 5. The maximum atomic E-state index is 10.6. The van der Waals surface area contributed by atoms with E-state index < -0.39 is 5.97 Å². The maximum absolute atomic E-state index is 10.6. The van der Waals surface area contributed by atoms with Crippen LogP contribution in [0.2, 0.25) is 0 Å². The van der Waals surface area contributed by atoms with Crippen LogP contribution in [0.1, 0.15) is 30.2 Å². The SMILES string of the molecule is CC1CCc2c(sc3ncnc(SCCC(=O)O)c23)C1. The van der Waals surface area contributed by atoms with Crippen LogP contribution >= 0.6 is 23.1 Å². The van der Waals surface area contributed by atoms with Crippen LogP contribution in [0.25, 0.3) is 10.2 Å². The number of fused-ring (bicyclic) bond motifs is 3. The van der Waals surface area contributed by atoms with Crippen molar-refractivity contribution in [1.82, 2.24) is 9.97 Å². The Morgan fingerprint density at radius 1 is 1.55 bits per heavy atom. The molecule has 6 heteroatoms. The molecule has 20 heavy (non-hydrogen) atoms. The van der Waals surface area contributed by atoms with E-state index in [1.54, 1.807) is 17.7 Å². The molecule has 3 rings (SSSR count). The molecule has 106 valence electrons. The standard InChI is InChI=1S/C14H16N2O2S2/c1-8-2-3-9-10(6-8)20-14-12(9)13(15-7-16-14)19-5-4-11(17)18/h7-8H,2-6H2,1H3,(H,17,18). The van der Waals surface area contributed by atoms with Gasteiger partial charge in [0.25, 0.3) is 0 Å². The van der Waals surface area contributed by atoms with Gasteiger partial charge in [0.05, 0.1) is 6.42 Å². The molecule has 0 aliphatic heterocycles. The number of rotatable bonds is 4. The molecule has 1 aliphatic carbocycles. The number of carboxylic acids is 1. The van der Waals surface area contributed by atoms with Gasteiger partial charge in [-0.15, -0.1) is 23.1 Å². The number of nitrogens with zero attached hydrogens (tertiary/aromatic N) is 2. The van der Waals surface area contributed by atoms with Crippen molar-refractivity contribution in [2.45, 2.75) is 37.6 Å². The van der Waals surface area contributed by atoms with Gasteiger partial charge in [-0.2, -0.15) is 0 Å². The fourth-order valence-electron chi connectivity index (χ4n) is 2.59. The van der Waals surface area contributed by atoms with Crippen LogP contribution in [0, 0.1) is 5.92 Å². The largest absolute Gasteiger partial charge is 0.481 e. The zero-order valence-corrected chi connectivity index (χ0v) is 12.9. The minimum Gasteiger partial charge on any atom is -0.481 e. The van der Waals surface area contributed by atoms with E-state index in [1.807, 2.05) is 0 Å². The number of aromatic nitrogens is 2. The first-order valence-electron chi connectivity index (χ1n) is 6.75. The highest BCUT2D eigenvalue weighted by molar-refractivity contribution is 7.99. The highest BCUT2D eigenvalue weighted by Crippen LogP contribution is 2.40. The van der Waals surface area contributed by atoms with Gasteiger partial charge in [0.15, 0.2) is 0 Å². The Balaban J connectivity index is 1.94. The van der Waals surface area contributed by atoms with Crippen LogP contribution in [0.4, 0.5) is 0 Å². The molecule has 1 atom stereocenters. The van der Waals surface area contributed by atoms with E-state index in [9.17, 15) is 4.79 Å². The van der Waals surface area contributed by atoms with Gasteiger partial charge in [0.1, 0.15) is 16.2 Å². The van der Waals surface area contributed by atoms with Crippen molar-refractivity contribution in [2.75, 3.05) is 5.75 Å². The molecule has 2 aromatic rings. The third-order valence-electron chi connectivity index (χ3n) is 3.61. The zero-order chi connectivity index (χ0) is 14.1. The molecule has 2 heterocycles. The van der Waals surface area contributed by atoms with Gasteiger partial charge < -0.3 is 5.11 Å². The third-order valence-corrected chi connectivity index (χ3v) is 5.77. The smallest absolute Gasteiger partial charge is 0.304 e. The summed E-state index contributed by atoms with van der Waals surface area (Å²) in [6, 6.07) is 0. The molecule has 0 saturated carbocycles. The van der Waals surface area contributed by atoms with Gasteiger partial charge in [0, 0.05) is 16.0 Å². The molecular weight excluding hydrogens is 292 g/mol. The Labute approximate surface area is 125 Å². The molecule has 1 N–H and O–H groups in total. The molecule has 0 radical (unpaired) electrons. The van der Waals surface area contributed by atoms with E-state index in [0.29, 0.717) is 5.75 Å². The summed E-state index contributed by atoms with van der Waals surface area (Å²) in [6.07, 6.45) is 5.20. The number of thioether (sulfide) groups is 1. The predicted molar refractivity (Wildman–Crippen MR) is 81.6 cm³/mol. The van der Waals surface area contributed by atoms with Crippen LogP contribution in [0.5, 0.6) is 0 Å². The van der Waals surface area contributed by atoms with Crippen molar-refractivity contribution in [1.29, 1.82) is 0 Å².